The molecule has 0 aliphatic heterocycles. The number of benzene rings is 1. The van der Waals surface area contributed by atoms with E-state index >= 15 is 0 Å². The molecule has 1 amide bonds. The molecule has 1 rings (SSSR count). The third-order valence-corrected chi connectivity index (χ3v) is 2.41. The first-order valence-electron chi connectivity index (χ1n) is 5.34. The number of hydrogen-bond donors (Lipinski definition) is 0. The van der Waals surface area contributed by atoms with Crippen molar-refractivity contribution in [3.63, 3.8) is 0 Å². The van der Waals surface area contributed by atoms with Crippen LogP contribution in [0.1, 0.15) is 5.56 Å². The monoisotopic (exact) mass is 258 g/mol. The number of nitriles is 2. The minimum absolute atomic E-state index is 0.148. The maximum Gasteiger partial charge on any atom is 0.273 e. The van der Waals surface area contributed by atoms with E-state index in [2.05, 4.69) is 0 Å². The zero-order chi connectivity index (χ0) is 14.3. The van der Waals surface area contributed by atoms with Crippen LogP contribution in [0.2, 0.25) is 0 Å². The Bertz CT molecular complexity index is 555. The summed E-state index contributed by atoms with van der Waals surface area (Å²) >= 11 is 0. The molecule has 1 aromatic rings. The minimum Gasteiger partial charge on any atom is -0.316 e. The number of rotatable bonds is 5. The third kappa shape index (κ3) is 3.79. The smallest absolute Gasteiger partial charge is 0.273 e. The van der Waals surface area contributed by atoms with Gasteiger partial charge in [-0.05, 0) is 0 Å². The van der Waals surface area contributed by atoms with Crippen LogP contribution in [0.25, 0.3) is 0 Å². The normalized spacial score (nSPS) is 9.16. The van der Waals surface area contributed by atoms with E-state index in [0.717, 1.165) is 4.90 Å². The quantitative estimate of drug-likeness (QED) is 0.444. The summed E-state index contributed by atoms with van der Waals surface area (Å²) in [6, 6.07) is 9.44. The Morgan fingerprint density at radius 1 is 1.26 bits per heavy atom. The molecular weight excluding hydrogens is 248 g/mol. The molecule has 7 heteroatoms. The van der Waals surface area contributed by atoms with Crippen LogP contribution < -0.4 is 0 Å². The standard InChI is InChI=1S/C12H10N4O3/c13-5-7-15(8-6-14)12(17)9-10-3-1-2-4-11(10)16(18)19/h1-4H,7-9H2. The van der Waals surface area contributed by atoms with Crippen molar-refractivity contribution in [2.45, 2.75) is 6.42 Å². The van der Waals surface area contributed by atoms with Crippen LogP contribution in [0.5, 0.6) is 0 Å². The first-order chi connectivity index (χ1) is 9.10. The molecule has 19 heavy (non-hydrogen) atoms. The van der Waals surface area contributed by atoms with Crippen molar-refractivity contribution in [3.05, 3.63) is 39.9 Å². The molecule has 0 saturated heterocycles. The van der Waals surface area contributed by atoms with Crippen LogP contribution in [0, 0.1) is 32.8 Å². The molecule has 96 valence electrons. The highest BCUT2D eigenvalue weighted by atomic mass is 16.6. The Labute approximate surface area is 109 Å². The molecule has 0 atom stereocenters. The number of para-hydroxylation sites is 1. The summed E-state index contributed by atoms with van der Waals surface area (Å²) in [7, 11) is 0. The van der Waals surface area contributed by atoms with Gasteiger partial charge in [0.1, 0.15) is 13.1 Å². The van der Waals surface area contributed by atoms with Gasteiger partial charge >= 0.3 is 0 Å². The van der Waals surface area contributed by atoms with Crippen molar-refractivity contribution in [2.24, 2.45) is 0 Å². The Morgan fingerprint density at radius 3 is 2.37 bits per heavy atom. The lowest BCUT2D eigenvalue weighted by molar-refractivity contribution is -0.385. The van der Waals surface area contributed by atoms with Crippen LogP contribution in [0.3, 0.4) is 0 Å². The summed E-state index contributed by atoms with van der Waals surface area (Å²) in [6.07, 6.45) is -0.208. The number of amides is 1. The van der Waals surface area contributed by atoms with Gasteiger partial charge in [0.05, 0.1) is 23.5 Å². The number of hydrogen-bond acceptors (Lipinski definition) is 5. The Morgan fingerprint density at radius 2 is 1.84 bits per heavy atom. The lowest BCUT2D eigenvalue weighted by Crippen LogP contribution is -2.33. The Balaban J connectivity index is 2.90. The van der Waals surface area contributed by atoms with E-state index in [1.165, 1.54) is 18.2 Å². The van der Waals surface area contributed by atoms with Gasteiger partial charge < -0.3 is 4.90 Å². The van der Waals surface area contributed by atoms with Crippen LogP contribution >= 0.6 is 0 Å². The number of carbonyl (C=O) groups is 1. The van der Waals surface area contributed by atoms with Crippen molar-refractivity contribution in [1.29, 1.82) is 10.5 Å². The maximum atomic E-state index is 11.9. The Kier molecular flexibility index (Phi) is 5.00. The van der Waals surface area contributed by atoms with Crippen molar-refractivity contribution < 1.29 is 9.72 Å². The van der Waals surface area contributed by atoms with Crippen molar-refractivity contribution in [3.8, 4) is 12.1 Å². The van der Waals surface area contributed by atoms with Gasteiger partial charge in [-0.25, -0.2) is 0 Å². The molecule has 0 N–H and O–H groups in total. The molecular formula is C12H10N4O3. The number of carbonyl (C=O) groups excluding carboxylic acids is 1. The summed E-state index contributed by atoms with van der Waals surface area (Å²) in [5, 5.41) is 27.9. The van der Waals surface area contributed by atoms with Gasteiger partial charge in [-0.2, -0.15) is 10.5 Å². The maximum absolute atomic E-state index is 11.9. The molecule has 0 fully saturated rings. The van der Waals surface area contributed by atoms with Gasteiger partial charge in [0, 0.05) is 11.6 Å². The predicted molar refractivity (Wildman–Crippen MR) is 64.6 cm³/mol. The summed E-state index contributed by atoms with van der Waals surface area (Å²) in [4.78, 5) is 23.2. The van der Waals surface area contributed by atoms with Crippen LogP contribution in [0.15, 0.2) is 24.3 Å². The lowest BCUT2D eigenvalue weighted by atomic mass is 10.1. The highest BCUT2D eigenvalue weighted by Crippen LogP contribution is 2.18. The number of nitro benzene ring substituents is 1. The largest absolute Gasteiger partial charge is 0.316 e. The van der Waals surface area contributed by atoms with Gasteiger partial charge in [0.25, 0.3) is 5.69 Å². The minimum atomic E-state index is -0.568. The van der Waals surface area contributed by atoms with E-state index in [9.17, 15) is 14.9 Å². The van der Waals surface area contributed by atoms with Gasteiger partial charge in [-0.15, -0.1) is 0 Å². The summed E-state index contributed by atoms with van der Waals surface area (Å²) in [5.41, 5.74) is 0.114. The summed E-state index contributed by atoms with van der Waals surface area (Å²) < 4.78 is 0. The van der Waals surface area contributed by atoms with E-state index in [1.807, 2.05) is 0 Å². The predicted octanol–water partition coefficient (Wildman–Crippen LogP) is 1.01. The SMILES string of the molecule is N#CCN(CC#N)C(=O)Cc1ccccc1[N+](=O)[O-]. The zero-order valence-electron chi connectivity index (χ0n) is 9.94. The fourth-order valence-electron chi connectivity index (χ4n) is 1.52. The Hall–Kier alpha value is -2.93. The molecule has 7 nitrogen and oxygen atoms in total. The zero-order valence-corrected chi connectivity index (χ0v) is 9.94. The molecule has 0 aromatic heterocycles. The van der Waals surface area contributed by atoms with Gasteiger partial charge in [-0.3, -0.25) is 14.9 Å². The highest BCUT2D eigenvalue weighted by molar-refractivity contribution is 5.80. The topological polar surface area (TPSA) is 111 Å². The second-order valence-electron chi connectivity index (χ2n) is 3.63. The van der Waals surface area contributed by atoms with Crippen LogP contribution in [-0.4, -0.2) is 28.8 Å². The molecule has 0 radical (unpaired) electrons. The first-order valence-corrected chi connectivity index (χ1v) is 5.34. The molecule has 0 aliphatic rings. The fourth-order valence-corrected chi connectivity index (χ4v) is 1.52. The van der Waals surface area contributed by atoms with E-state index in [1.54, 1.807) is 18.2 Å². The van der Waals surface area contributed by atoms with Gasteiger partial charge in [-0.1, -0.05) is 18.2 Å². The lowest BCUT2D eigenvalue weighted by Gasteiger charge is -2.15. The van der Waals surface area contributed by atoms with E-state index in [-0.39, 0.29) is 30.8 Å². The van der Waals surface area contributed by atoms with Crippen molar-refractivity contribution >= 4 is 11.6 Å². The van der Waals surface area contributed by atoms with Gasteiger partial charge in [0.15, 0.2) is 0 Å². The van der Waals surface area contributed by atoms with E-state index in [0.29, 0.717) is 0 Å². The number of nitro groups is 1. The molecule has 0 saturated carbocycles. The summed E-state index contributed by atoms with van der Waals surface area (Å²) in [5.74, 6) is -0.489. The van der Waals surface area contributed by atoms with Crippen LogP contribution in [-0.2, 0) is 11.2 Å². The molecule has 0 aliphatic carbocycles. The third-order valence-electron chi connectivity index (χ3n) is 2.41. The average Bonchev–Trinajstić information content (AvgIpc) is 2.38. The van der Waals surface area contributed by atoms with E-state index in [4.69, 9.17) is 10.5 Å². The molecule has 0 unspecified atom stereocenters. The second-order valence-corrected chi connectivity index (χ2v) is 3.63. The van der Waals surface area contributed by atoms with E-state index < -0.39 is 10.8 Å². The van der Waals surface area contributed by atoms with Crippen molar-refractivity contribution in [2.75, 3.05) is 13.1 Å². The summed E-state index contributed by atoms with van der Waals surface area (Å²) in [6.45, 7) is -0.431. The van der Waals surface area contributed by atoms with Crippen molar-refractivity contribution in [1.82, 2.24) is 4.90 Å². The molecule has 1 aromatic carbocycles. The second kappa shape index (κ2) is 6.72. The molecule has 0 heterocycles. The molecule has 0 spiro atoms. The average molecular weight is 258 g/mol. The van der Waals surface area contributed by atoms with Gasteiger partial charge in [0.2, 0.25) is 5.91 Å². The first kappa shape index (κ1) is 14.1. The van der Waals surface area contributed by atoms with Crippen LogP contribution in [0.4, 0.5) is 5.69 Å². The fraction of sp³-hybridized carbons (Fsp3) is 0.250. The highest BCUT2D eigenvalue weighted by Gasteiger charge is 2.19. The number of nitrogens with zero attached hydrogens (tertiary/aromatic N) is 4. The molecule has 0 bridgehead atoms.